The van der Waals surface area contributed by atoms with Crippen molar-refractivity contribution < 1.29 is 19.1 Å². The first kappa shape index (κ1) is 18.7. The van der Waals surface area contributed by atoms with E-state index in [-0.39, 0.29) is 17.6 Å². The Morgan fingerprint density at radius 2 is 1.14 bits per heavy atom. The molecular formula is C23H14ClNO4. The summed E-state index contributed by atoms with van der Waals surface area (Å²) in [5.74, 6) is 0.248. The first-order valence-corrected chi connectivity index (χ1v) is 9.13. The highest BCUT2D eigenvalue weighted by atomic mass is 35.5. The molecule has 0 bridgehead atoms. The number of benzene rings is 3. The van der Waals surface area contributed by atoms with E-state index in [1.54, 1.807) is 72.8 Å². The van der Waals surface area contributed by atoms with Crippen LogP contribution in [0.2, 0.25) is 5.02 Å². The molecule has 4 rings (SSSR count). The summed E-state index contributed by atoms with van der Waals surface area (Å²) < 4.78 is 5.77. The fraction of sp³-hybridized carbons (Fsp3) is 0. The number of nitrogens with zero attached hydrogens (tertiary/aromatic N) is 1. The summed E-state index contributed by atoms with van der Waals surface area (Å²) in [5, 5.41) is 0.575. The molecule has 0 fully saturated rings. The Hall–Kier alpha value is -3.70. The zero-order valence-electron chi connectivity index (χ0n) is 15.0. The summed E-state index contributed by atoms with van der Waals surface area (Å²) in [6.45, 7) is 0. The van der Waals surface area contributed by atoms with Crippen molar-refractivity contribution in [3.05, 3.63) is 101 Å². The molecule has 2 amide bonds. The quantitative estimate of drug-likeness (QED) is 0.453. The summed E-state index contributed by atoms with van der Waals surface area (Å²) in [7, 11) is 0. The molecule has 1 aliphatic heterocycles. The minimum Gasteiger partial charge on any atom is -0.457 e. The van der Waals surface area contributed by atoms with Crippen LogP contribution >= 0.6 is 11.6 Å². The highest BCUT2D eigenvalue weighted by Gasteiger charge is 2.24. The molecule has 1 aliphatic rings. The van der Waals surface area contributed by atoms with Crippen LogP contribution in [0, 0.1) is 0 Å². The summed E-state index contributed by atoms with van der Waals surface area (Å²) in [4.78, 5) is 37.0. The number of amides is 2. The molecule has 0 spiro atoms. The Morgan fingerprint density at radius 1 is 0.690 bits per heavy atom. The van der Waals surface area contributed by atoms with Gasteiger partial charge in [0.05, 0.1) is 5.69 Å². The SMILES string of the molecule is O=C(c1ccc(Cl)cc1)c1ccc(Oc2ccc(N3C(=O)C=CC3=O)cc2)cc1. The third-order valence-electron chi connectivity index (χ3n) is 4.36. The predicted octanol–water partition coefficient (Wildman–Crippen LogP) is 4.79. The number of carbonyl (C=O) groups is 3. The summed E-state index contributed by atoms with van der Waals surface area (Å²) >= 11 is 5.85. The maximum atomic E-state index is 12.5. The molecule has 0 saturated carbocycles. The van der Waals surface area contributed by atoms with Gasteiger partial charge in [-0.2, -0.15) is 0 Å². The van der Waals surface area contributed by atoms with Crippen LogP contribution in [0.1, 0.15) is 15.9 Å². The van der Waals surface area contributed by atoms with Crippen molar-refractivity contribution in [2.45, 2.75) is 0 Å². The number of ether oxygens (including phenoxy) is 1. The third-order valence-corrected chi connectivity index (χ3v) is 4.61. The van der Waals surface area contributed by atoms with Gasteiger partial charge in [-0.25, -0.2) is 4.90 Å². The highest BCUT2D eigenvalue weighted by Crippen LogP contribution is 2.26. The lowest BCUT2D eigenvalue weighted by atomic mass is 10.0. The molecule has 0 unspecified atom stereocenters. The van der Waals surface area contributed by atoms with Crippen molar-refractivity contribution in [1.29, 1.82) is 0 Å². The van der Waals surface area contributed by atoms with Crippen LogP contribution in [-0.2, 0) is 9.59 Å². The third kappa shape index (κ3) is 3.95. The molecule has 0 atom stereocenters. The first-order chi connectivity index (χ1) is 14.0. The van der Waals surface area contributed by atoms with Crippen LogP contribution in [0.5, 0.6) is 11.5 Å². The van der Waals surface area contributed by atoms with Crippen molar-refractivity contribution >= 4 is 34.9 Å². The minimum atomic E-state index is -0.371. The van der Waals surface area contributed by atoms with E-state index in [0.717, 1.165) is 4.90 Å². The summed E-state index contributed by atoms with van der Waals surface area (Å²) in [6.07, 6.45) is 2.47. The van der Waals surface area contributed by atoms with Crippen molar-refractivity contribution in [2.24, 2.45) is 0 Å². The normalized spacial score (nSPS) is 13.1. The molecule has 142 valence electrons. The van der Waals surface area contributed by atoms with Crippen LogP contribution in [0.3, 0.4) is 0 Å². The Kier molecular flexibility index (Phi) is 4.97. The number of carbonyl (C=O) groups excluding carboxylic acids is 3. The smallest absolute Gasteiger partial charge is 0.258 e. The Balaban J connectivity index is 1.45. The van der Waals surface area contributed by atoms with Gasteiger partial charge in [-0.3, -0.25) is 14.4 Å². The molecular weight excluding hydrogens is 390 g/mol. The van der Waals surface area contributed by atoms with Crippen molar-refractivity contribution in [3.8, 4) is 11.5 Å². The molecule has 0 aliphatic carbocycles. The second kappa shape index (κ2) is 7.73. The number of anilines is 1. The Morgan fingerprint density at radius 3 is 1.66 bits per heavy atom. The number of rotatable bonds is 5. The lowest BCUT2D eigenvalue weighted by molar-refractivity contribution is -0.119. The molecule has 0 radical (unpaired) electrons. The fourth-order valence-corrected chi connectivity index (χ4v) is 3.02. The molecule has 3 aromatic rings. The van der Waals surface area contributed by atoms with E-state index in [2.05, 4.69) is 0 Å². The number of imide groups is 1. The van der Waals surface area contributed by atoms with Gasteiger partial charge in [-0.15, -0.1) is 0 Å². The highest BCUT2D eigenvalue weighted by molar-refractivity contribution is 6.30. The van der Waals surface area contributed by atoms with Gasteiger partial charge in [0.2, 0.25) is 0 Å². The minimum absolute atomic E-state index is 0.105. The maximum absolute atomic E-state index is 12.5. The predicted molar refractivity (Wildman–Crippen MR) is 109 cm³/mol. The van der Waals surface area contributed by atoms with Gasteiger partial charge >= 0.3 is 0 Å². The molecule has 0 saturated heterocycles. The van der Waals surface area contributed by atoms with Crippen LogP contribution < -0.4 is 9.64 Å². The van der Waals surface area contributed by atoms with E-state index in [1.807, 2.05) is 0 Å². The largest absolute Gasteiger partial charge is 0.457 e. The molecule has 0 N–H and O–H groups in total. The van der Waals surface area contributed by atoms with Crippen molar-refractivity contribution in [1.82, 2.24) is 0 Å². The standard InChI is InChI=1S/C23H14ClNO4/c24-17-5-1-15(2-6-17)23(28)16-3-9-19(10-4-16)29-20-11-7-18(8-12-20)25-21(26)13-14-22(25)27/h1-14H. The summed E-state index contributed by atoms with van der Waals surface area (Å²) in [6, 6.07) is 20.1. The molecule has 29 heavy (non-hydrogen) atoms. The van der Waals surface area contributed by atoms with Crippen LogP contribution in [0.25, 0.3) is 0 Å². The summed E-state index contributed by atoms with van der Waals surface area (Å²) in [5.41, 5.74) is 1.56. The van der Waals surface area contributed by atoms with Gasteiger partial charge in [-0.05, 0) is 72.8 Å². The van der Waals surface area contributed by atoms with Gasteiger partial charge in [0.1, 0.15) is 11.5 Å². The average Bonchev–Trinajstić information content (AvgIpc) is 3.07. The number of hydrogen-bond donors (Lipinski definition) is 0. The second-order valence-corrected chi connectivity index (χ2v) is 6.74. The number of halogens is 1. The fourth-order valence-electron chi connectivity index (χ4n) is 2.90. The van der Waals surface area contributed by atoms with Gasteiger partial charge in [0.25, 0.3) is 11.8 Å². The topological polar surface area (TPSA) is 63.7 Å². The maximum Gasteiger partial charge on any atom is 0.258 e. The lowest BCUT2D eigenvalue weighted by Crippen LogP contribution is -2.29. The van der Waals surface area contributed by atoms with Crippen LogP contribution in [0.4, 0.5) is 5.69 Å². The number of ketones is 1. The average molecular weight is 404 g/mol. The first-order valence-electron chi connectivity index (χ1n) is 8.76. The van der Waals surface area contributed by atoms with E-state index in [1.165, 1.54) is 12.2 Å². The van der Waals surface area contributed by atoms with Gasteiger partial charge in [0.15, 0.2) is 5.78 Å². The zero-order valence-corrected chi connectivity index (χ0v) is 15.8. The molecule has 3 aromatic carbocycles. The second-order valence-electron chi connectivity index (χ2n) is 6.30. The van der Waals surface area contributed by atoms with Gasteiger partial charge in [0, 0.05) is 28.3 Å². The Labute approximate surface area is 171 Å². The van der Waals surface area contributed by atoms with Gasteiger partial charge < -0.3 is 4.74 Å². The molecule has 1 heterocycles. The van der Waals surface area contributed by atoms with Gasteiger partial charge in [-0.1, -0.05) is 11.6 Å². The van der Waals surface area contributed by atoms with Crippen molar-refractivity contribution in [2.75, 3.05) is 4.90 Å². The van der Waals surface area contributed by atoms with Crippen molar-refractivity contribution in [3.63, 3.8) is 0 Å². The van der Waals surface area contributed by atoms with E-state index in [9.17, 15) is 14.4 Å². The lowest BCUT2D eigenvalue weighted by Gasteiger charge is -2.14. The Bertz CT molecular complexity index is 1100. The zero-order chi connectivity index (χ0) is 20.4. The molecule has 5 nitrogen and oxygen atoms in total. The van der Waals surface area contributed by atoms with E-state index in [0.29, 0.717) is 33.3 Å². The van der Waals surface area contributed by atoms with E-state index >= 15 is 0 Å². The van der Waals surface area contributed by atoms with E-state index < -0.39 is 0 Å². The monoisotopic (exact) mass is 403 g/mol. The van der Waals surface area contributed by atoms with E-state index in [4.69, 9.17) is 16.3 Å². The molecule has 0 aromatic heterocycles. The molecule has 6 heteroatoms. The van der Waals surface area contributed by atoms with Crippen LogP contribution in [0.15, 0.2) is 84.9 Å². The van der Waals surface area contributed by atoms with Crippen LogP contribution in [-0.4, -0.2) is 17.6 Å². The number of hydrogen-bond acceptors (Lipinski definition) is 4.